The summed E-state index contributed by atoms with van der Waals surface area (Å²) in [5.41, 5.74) is 15.2. The topological polar surface area (TPSA) is 0 Å². The maximum Gasteiger partial charge on any atom is 0.0229 e. The standard InChI is InChI=1S/C35H30/c1-3-32(26-9-5-4-6-10-26)27-17-19-28(20-18-27)34-23-30(25-15-13-24(2)14-16-25)22-31-21-29-11-7-8-12-33(29)35(31)34/h3-17,19,22-23,32H,1,18,20-21H2,2H3. The van der Waals surface area contributed by atoms with Crippen LogP contribution in [0.1, 0.15) is 46.6 Å². The van der Waals surface area contributed by atoms with E-state index in [0.717, 1.165) is 19.3 Å². The lowest BCUT2D eigenvalue weighted by Gasteiger charge is -2.23. The van der Waals surface area contributed by atoms with E-state index in [1.54, 1.807) is 0 Å². The van der Waals surface area contributed by atoms with Crippen LogP contribution < -0.4 is 0 Å². The molecule has 0 N–H and O–H groups in total. The molecule has 4 aromatic carbocycles. The first-order valence-corrected chi connectivity index (χ1v) is 12.6. The van der Waals surface area contributed by atoms with Gasteiger partial charge >= 0.3 is 0 Å². The van der Waals surface area contributed by atoms with Crippen LogP contribution in [0.2, 0.25) is 0 Å². The van der Waals surface area contributed by atoms with Crippen molar-refractivity contribution in [3.05, 3.63) is 149 Å². The highest BCUT2D eigenvalue weighted by Crippen LogP contribution is 2.46. The predicted molar refractivity (Wildman–Crippen MR) is 150 cm³/mol. The van der Waals surface area contributed by atoms with Gasteiger partial charge in [-0.3, -0.25) is 0 Å². The van der Waals surface area contributed by atoms with Crippen LogP contribution in [0.4, 0.5) is 0 Å². The molecule has 6 rings (SSSR count). The molecule has 35 heavy (non-hydrogen) atoms. The number of allylic oxidation sites excluding steroid dienone is 5. The van der Waals surface area contributed by atoms with Gasteiger partial charge in [0.05, 0.1) is 0 Å². The number of aryl methyl sites for hydroxylation is 1. The minimum atomic E-state index is 0.277. The van der Waals surface area contributed by atoms with Gasteiger partial charge in [-0.15, -0.1) is 6.58 Å². The van der Waals surface area contributed by atoms with Crippen LogP contribution in [0.3, 0.4) is 0 Å². The summed E-state index contributed by atoms with van der Waals surface area (Å²) in [6, 6.07) is 33.4. The van der Waals surface area contributed by atoms with Crippen LogP contribution in [0, 0.1) is 6.92 Å². The molecule has 0 saturated carbocycles. The zero-order valence-corrected chi connectivity index (χ0v) is 20.3. The largest absolute Gasteiger partial charge is 0.102 e. The minimum Gasteiger partial charge on any atom is -0.102 e. The number of hydrogen-bond acceptors (Lipinski definition) is 0. The fraction of sp³-hybridized carbons (Fsp3) is 0.143. The lowest BCUT2D eigenvalue weighted by atomic mass is 9.81. The Morgan fingerprint density at radius 3 is 2.23 bits per heavy atom. The molecule has 0 heteroatoms. The fourth-order valence-corrected chi connectivity index (χ4v) is 5.75. The van der Waals surface area contributed by atoms with Gasteiger partial charge in [0.1, 0.15) is 0 Å². The number of rotatable bonds is 5. The zero-order valence-electron chi connectivity index (χ0n) is 20.3. The van der Waals surface area contributed by atoms with Gasteiger partial charge in [-0.1, -0.05) is 114 Å². The Bertz CT molecular complexity index is 1460. The van der Waals surface area contributed by atoms with Crippen LogP contribution in [-0.2, 0) is 6.42 Å². The van der Waals surface area contributed by atoms with E-state index in [-0.39, 0.29) is 5.92 Å². The average molecular weight is 451 g/mol. The molecule has 0 aromatic heterocycles. The van der Waals surface area contributed by atoms with Gasteiger partial charge in [-0.25, -0.2) is 0 Å². The Kier molecular flexibility index (Phi) is 5.58. The Labute approximate surface area is 209 Å². The van der Waals surface area contributed by atoms with Gasteiger partial charge < -0.3 is 0 Å². The van der Waals surface area contributed by atoms with Crippen molar-refractivity contribution < 1.29 is 0 Å². The molecule has 1 atom stereocenters. The van der Waals surface area contributed by atoms with E-state index in [0.29, 0.717) is 0 Å². The number of hydrogen-bond donors (Lipinski definition) is 0. The Hall–Kier alpha value is -3.90. The first kappa shape index (κ1) is 21.6. The van der Waals surface area contributed by atoms with E-state index >= 15 is 0 Å². The van der Waals surface area contributed by atoms with E-state index in [4.69, 9.17) is 0 Å². The smallest absolute Gasteiger partial charge is 0.0229 e. The number of fused-ring (bicyclic) bond motifs is 3. The third kappa shape index (κ3) is 4.00. The zero-order chi connectivity index (χ0) is 23.8. The maximum atomic E-state index is 4.15. The SMILES string of the molecule is C=CC(C1=CC=C(c2cc(-c3ccc(C)cc3)cc3c2-c2ccccc2C3)CC1)c1ccccc1. The molecule has 0 fully saturated rings. The molecule has 0 amide bonds. The molecular weight excluding hydrogens is 420 g/mol. The van der Waals surface area contributed by atoms with Crippen molar-refractivity contribution in [2.75, 3.05) is 0 Å². The predicted octanol–water partition coefficient (Wildman–Crippen LogP) is 9.31. The third-order valence-corrected chi connectivity index (χ3v) is 7.59. The summed E-state index contributed by atoms with van der Waals surface area (Å²) in [5.74, 6) is 0.277. The summed E-state index contributed by atoms with van der Waals surface area (Å²) < 4.78 is 0. The summed E-state index contributed by atoms with van der Waals surface area (Å²) in [6.45, 7) is 6.30. The first-order valence-electron chi connectivity index (χ1n) is 12.6. The molecule has 2 aliphatic rings. The monoisotopic (exact) mass is 450 g/mol. The molecule has 0 spiro atoms. The van der Waals surface area contributed by atoms with Crippen molar-refractivity contribution in [2.45, 2.75) is 32.1 Å². The molecule has 4 aromatic rings. The molecule has 0 bridgehead atoms. The molecule has 0 heterocycles. The first-order chi connectivity index (χ1) is 17.2. The summed E-state index contributed by atoms with van der Waals surface area (Å²) in [6.07, 6.45) is 9.93. The molecule has 2 aliphatic carbocycles. The molecular formula is C35H30. The second kappa shape index (κ2) is 9.04. The van der Waals surface area contributed by atoms with Crippen molar-refractivity contribution in [2.24, 2.45) is 0 Å². The summed E-state index contributed by atoms with van der Waals surface area (Å²) in [5, 5.41) is 0. The highest BCUT2D eigenvalue weighted by atomic mass is 14.3. The lowest BCUT2D eigenvalue weighted by Crippen LogP contribution is -2.04. The molecule has 0 saturated heterocycles. The van der Waals surface area contributed by atoms with Crippen molar-refractivity contribution in [3.8, 4) is 22.3 Å². The summed E-state index contributed by atoms with van der Waals surface area (Å²) in [4.78, 5) is 0. The van der Waals surface area contributed by atoms with E-state index in [1.807, 2.05) is 0 Å². The van der Waals surface area contributed by atoms with Crippen molar-refractivity contribution in [1.29, 1.82) is 0 Å². The highest BCUT2D eigenvalue weighted by molar-refractivity contribution is 5.91. The van der Waals surface area contributed by atoms with Crippen molar-refractivity contribution in [1.82, 2.24) is 0 Å². The van der Waals surface area contributed by atoms with Crippen LogP contribution in [-0.4, -0.2) is 0 Å². The van der Waals surface area contributed by atoms with E-state index < -0.39 is 0 Å². The van der Waals surface area contributed by atoms with Gasteiger partial charge in [0.2, 0.25) is 0 Å². The van der Waals surface area contributed by atoms with Gasteiger partial charge in [0.25, 0.3) is 0 Å². The second-order valence-electron chi connectivity index (χ2n) is 9.82. The molecule has 0 nitrogen and oxygen atoms in total. The Morgan fingerprint density at radius 2 is 1.49 bits per heavy atom. The van der Waals surface area contributed by atoms with Crippen LogP contribution in [0.25, 0.3) is 27.8 Å². The molecule has 0 radical (unpaired) electrons. The maximum absolute atomic E-state index is 4.15. The highest BCUT2D eigenvalue weighted by Gasteiger charge is 2.25. The number of benzene rings is 4. The third-order valence-electron chi connectivity index (χ3n) is 7.59. The Morgan fingerprint density at radius 1 is 0.714 bits per heavy atom. The van der Waals surface area contributed by atoms with E-state index in [1.165, 1.54) is 61.2 Å². The fourth-order valence-electron chi connectivity index (χ4n) is 5.75. The summed E-state index contributed by atoms with van der Waals surface area (Å²) in [7, 11) is 0. The average Bonchev–Trinajstić information content (AvgIpc) is 3.29. The quantitative estimate of drug-likeness (QED) is 0.234. The lowest BCUT2D eigenvalue weighted by molar-refractivity contribution is 0.861. The van der Waals surface area contributed by atoms with E-state index in [9.17, 15) is 0 Å². The van der Waals surface area contributed by atoms with Crippen LogP contribution >= 0.6 is 0 Å². The molecule has 0 aliphatic heterocycles. The van der Waals surface area contributed by atoms with Gasteiger partial charge in [0, 0.05) is 5.92 Å². The summed E-state index contributed by atoms with van der Waals surface area (Å²) >= 11 is 0. The van der Waals surface area contributed by atoms with Crippen molar-refractivity contribution in [3.63, 3.8) is 0 Å². The molecule has 1 unspecified atom stereocenters. The van der Waals surface area contributed by atoms with Gasteiger partial charge in [-0.2, -0.15) is 0 Å². The minimum absolute atomic E-state index is 0.277. The second-order valence-corrected chi connectivity index (χ2v) is 9.82. The van der Waals surface area contributed by atoms with Gasteiger partial charge in [0.15, 0.2) is 0 Å². The molecule has 170 valence electrons. The van der Waals surface area contributed by atoms with Crippen LogP contribution in [0.15, 0.2) is 121 Å². The van der Waals surface area contributed by atoms with Crippen molar-refractivity contribution >= 4 is 5.57 Å². The van der Waals surface area contributed by atoms with Gasteiger partial charge in [-0.05, 0) is 82.3 Å². The van der Waals surface area contributed by atoms with Crippen LogP contribution in [0.5, 0.6) is 0 Å². The Balaban J connectivity index is 1.46. The van der Waals surface area contributed by atoms with E-state index in [2.05, 4.69) is 123 Å². The normalized spacial score (nSPS) is 15.0.